The van der Waals surface area contributed by atoms with Gasteiger partial charge in [0.15, 0.2) is 5.78 Å². The standard InChI is InChI=1S/C30H27N3O2/c31-27-8-4-5-9-28(27)33-24-14-15-25-22(18-24)12-10-21-11-13-23(19-26(21)29(25)34)30(35)32-17-16-20-6-2-1-3-7-20/h1-9,11,13-15,18-19,33H,10,12,16-17,31H2,(H,32,35). The molecule has 0 heterocycles. The van der Waals surface area contributed by atoms with Crippen molar-refractivity contribution in [3.63, 3.8) is 0 Å². The van der Waals surface area contributed by atoms with Gasteiger partial charge < -0.3 is 16.4 Å². The maximum absolute atomic E-state index is 13.5. The summed E-state index contributed by atoms with van der Waals surface area (Å²) in [5.74, 6) is -0.210. The van der Waals surface area contributed by atoms with E-state index in [0.29, 0.717) is 28.9 Å². The van der Waals surface area contributed by atoms with Crippen molar-refractivity contribution in [1.29, 1.82) is 0 Å². The van der Waals surface area contributed by atoms with Crippen molar-refractivity contribution in [2.75, 3.05) is 17.6 Å². The van der Waals surface area contributed by atoms with Gasteiger partial charge in [-0.2, -0.15) is 0 Å². The molecular formula is C30H27N3O2. The quantitative estimate of drug-likeness (QED) is 0.340. The monoisotopic (exact) mass is 461 g/mol. The van der Waals surface area contributed by atoms with Crippen LogP contribution >= 0.6 is 0 Å². The normalized spacial score (nSPS) is 12.3. The van der Waals surface area contributed by atoms with Gasteiger partial charge in [0.1, 0.15) is 0 Å². The third-order valence-corrected chi connectivity index (χ3v) is 6.41. The zero-order chi connectivity index (χ0) is 24.2. The van der Waals surface area contributed by atoms with Crippen LogP contribution in [0.1, 0.15) is 43.0 Å². The maximum Gasteiger partial charge on any atom is 0.251 e. The van der Waals surface area contributed by atoms with Crippen LogP contribution in [0.15, 0.2) is 91.0 Å². The van der Waals surface area contributed by atoms with E-state index in [4.69, 9.17) is 5.73 Å². The zero-order valence-electron chi connectivity index (χ0n) is 19.4. The van der Waals surface area contributed by atoms with Gasteiger partial charge >= 0.3 is 0 Å². The molecule has 1 aliphatic carbocycles. The van der Waals surface area contributed by atoms with E-state index in [1.807, 2.05) is 84.9 Å². The lowest BCUT2D eigenvalue weighted by Gasteiger charge is -2.12. The molecule has 0 spiro atoms. The first-order chi connectivity index (χ1) is 17.1. The molecule has 35 heavy (non-hydrogen) atoms. The van der Waals surface area contributed by atoms with Gasteiger partial charge in [-0.05, 0) is 78.4 Å². The number of carbonyl (C=O) groups is 2. The molecule has 1 amide bonds. The first-order valence-electron chi connectivity index (χ1n) is 11.8. The van der Waals surface area contributed by atoms with E-state index in [2.05, 4.69) is 10.6 Å². The van der Waals surface area contributed by atoms with Crippen LogP contribution in [-0.4, -0.2) is 18.2 Å². The minimum atomic E-state index is -0.166. The van der Waals surface area contributed by atoms with Gasteiger partial charge in [0.25, 0.3) is 5.91 Å². The topological polar surface area (TPSA) is 84.2 Å². The number of hydrogen-bond acceptors (Lipinski definition) is 4. The molecule has 0 radical (unpaired) electrons. The highest BCUT2D eigenvalue weighted by atomic mass is 16.1. The molecule has 4 aromatic carbocycles. The Kier molecular flexibility index (Phi) is 6.31. The van der Waals surface area contributed by atoms with Crippen molar-refractivity contribution >= 4 is 28.8 Å². The fourth-order valence-electron chi connectivity index (χ4n) is 4.49. The fourth-order valence-corrected chi connectivity index (χ4v) is 4.49. The molecule has 4 N–H and O–H groups in total. The highest BCUT2D eigenvalue weighted by Gasteiger charge is 2.23. The third-order valence-electron chi connectivity index (χ3n) is 6.41. The van der Waals surface area contributed by atoms with E-state index in [-0.39, 0.29) is 11.7 Å². The number of para-hydroxylation sites is 2. The molecule has 5 rings (SSSR count). The highest BCUT2D eigenvalue weighted by molar-refractivity contribution is 6.12. The van der Waals surface area contributed by atoms with Crippen molar-refractivity contribution in [2.24, 2.45) is 0 Å². The van der Waals surface area contributed by atoms with E-state index in [9.17, 15) is 9.59 Å². The van der Waals surface area contributed by atoms with Crippen LogP contribution in [0.25, 0.3) is 0 Å². The number of amides is 1. The number of hydrogen-bond donors (Lipinski definition) is 3. The number of aryl methyl sites for hydroxylation is 2. The summed E-state index contributed by atoms with van der Waals surface area (Å²) in [7, 11) is 0. The lowest BCUT2D eigenvalue weighted by molar-refractivity contribution is 0.0954. The Hall–Kier alpha value is -4.38. The predicted octanol–water partition coefficient (Wildman–Crippen LogP) is 5.31. The second-order valence-electron chi connectivity index (χ2n) is 8.78. The molecule has 0 atom stereocenters. The number of nitrogens with two attached hydrogens (primary N) is 1. The zero-order valence-corrected chi connectivity index (χ0v) is 19.4. The van der Waals surface area contributed by atoms with Crippen LogP contribution in [0.2, 0.25) is 0 Å². The Labute approximate surface area is 205 Å². The first kappa shape index (κ1) is 22.4. The van der Waals surface area contributed by atoms with Crippen molar-refractivity contribution in [3.05, 3.63) is 124 Å². The number of nitrogen functional groups attached to an aromatic ring is 1. The van der Waals surface area contributed by atoms with Gasteiger partial charge in [0, 0.05) is 28.9 Å². The summed E-state index contributed by atoms with van der Waals surface area (Å²) in [6, 6.07) is 28.9. The molecule has 5 nitrogen and oxygen atoms in total. The Morgan fingerprint density at radius 1 is 0.800 bits per heavy atom. The van der Waals surface area contributed by atoms with E-state index in [0.717, 1.165) is 41.8 Å². The van der Waals surface area contributed by atoms with Crippen molar-refractivity contribution in [3.8, 4) is 0 Å². The number of nitrogens with one attached hydrogen (secondary N) is 2. The highest BCUT2D eigenvalue weighted by Crippen LogP contribution is 2.29. The summed E-state index contributed by atoms with van der Waals surface area (Å²) in [6.45, 7) is 0.540. The molecule has 174 valence electrons. The van der Waals surface area contributed by atoms with E-state index >= 15 is 0 Å². The molecule has 0 bridgehead atoms. The van der Waals surface area contributed by atoms with Crippen molar-refractivity contribution < 1.29 is 9.59 Å². The molecule has 0 fully saturated rings. The molecule has 0 aliphatic heterocycles. The van der Waals surface area contributed by atoms with Crippen LogP contribution in [0.5, 0.6) is 0 Å². The SMILES string of the molecule is Nc1ccccc1Nc1ccc2c(c1)CCc1ccc(C(=O)NCCc3ccccc3)cc1C2=O. The predicted molar refractivity (Wildman–Crippen MR) is 140 cm³/mol. The third kappa shape index (κ3) is 4.94. The Morgan fingerprint density at radius 2 is 1.57 bits per heavy atom. The van der Waals surface area contributed by atoms with E-state index in [1.54, 1.807) is 6.07 Å². The average molecular weight is 462 g/mol. The molecule has 5 heteroatoms. The molecule has 0 unspecified atom stereocenters. The molecule has 1 aliphatic rings. The van der Waals surface area contributed by atoms with Crippen LogP contribution in [-0.2, 0) is 19.3 Å². The number of anilines is 3. The minimum Gasteiger partial charge on any atom is -0.397 e. The summed E-state index contributed by atoms with van der Waals surface area (Å²) < 4.78 is 0. The van der Waals surface area contributed by atoms with Crippen molar-refractivity contribution in [2.45, 2.75) is 19.3 Å². The fraction of sp³-hybridized carbons (Fsp3) is 0.133. The minimum absolute atomic E-state index is 0.0442. The van der Waals surface area contributed by atoms with Crippen LogP contribution < -0.4 is 16.4 Å². The Morgan fingerprint density at radius 3 is 2.40 bits per heavy atom. The molecule has 0 saturated carbocycles. The second-order valence-corrected chi connectivity index (χ2v) is 8.78. The summed E-state index contributed by atoms with van der Waals surface area (Å²) in [4.78, 5) is 26.2. The van der Waals surface area contributed by atoms with Crippen LogP contribution in [0.3, 0.4) is 0 Å². The lowest BCUT2D eigenvalue weighted by atomic mass is 9.96. The van der Waals surface area contributed by atoms with E-state index in [1.165, 1.54) is 5.56 Å². The van der Waals surface area contributed by atoms with Gasteiger partial charge in [-0.1, -0.05) is 48.5 Å². The number of carbonyl (C=O) groups excluding carboxylic acids is 2. The number of fused-ring (bicyclic) bond motifs is 2. The summed E-state index contributed by atoms with van der Waals surface area (Å²) in [6.07, 6.45) is 2.24. The summed E-state index contributed by atoms with van der Waals surface area (Å²) in [5, 5.41) is 6.32. The van der Waals surface area contributed by atoms with Gasteiger partial charge in [-0.3, -0.25) is 9.59 Å². The lowest BCUT2D eigenvalue weighted by Crippen LogP contribution is -2.26. The van der Waals surface area contributed by atoms with Crippen LogP contribution in [0.4, 0.5) is 17.1 Å². The summed E-state index contributed by atoms with van der Waals surface area (Å²) in [5.41, 5.74) is 13.4. The number of ketones is 1. The second kappa shape index (κ2) is 9.85. The number of rotatable bonds is 6. The molecule has 0 aromatic heterocycles. The van der Waals surface area contributed by atoms with E-state index < -0.39 is 0 Å². The van der Waals surface area contributed by atoms with Gasteiger partial charge in [0.2, 0.25) is 0 Å². The van der Waals surface area contributed by atoms with Gasteiger partial charge in [-0.15, -0.1) is 0 Å². The Balaban J connectivity index is 1.33. The molecule has 0 saturated heterocycles. The average Bonchev–Trinajstić information content (AvgIpc) is 3.02. The van der Waals surface area contributed by atoms with Gasteiger partial charge in [-0.25, -0.2) is 0 Å². The largest absolute Gasteiger partial charge is 0.397 e. The Bertz CT molecular complexity index is 1400. The smallest absolute Gasteiger partial charge is 0.251 e. The first-order valence-corrected chi connectivity index (χ1v) is 11.8. The summed E-state index contributed by atoms with van der Waals surface area (Å²) >= 11 is 0. The molecular weight excluding hydrogens is 434 g/mol. The van der Waals surface area contributed by atoms with Crippen molar-refractivity contribution in [1.82, 2.24) is 5.32 Å². The maximum atomic E-state index is 13.5. The van der Waals surface area contributed by atoms with Crippen LogP contribution in [0, 0.1) is 0 Å². The van der Waals surface area contributed by atoms with Gasteiger partial charge in [0.05, 0.1) is 11.4 Å². The molecule has 4 aromatic rings. The number of benzene rings is 4.